The molecule has 2 rings (SSSR count). The first-order chi connectivity index (χ1) is 10.9. The Kier molecular flexibility index (Phi) is 6.02. The Balaban J connectivity index is 1.88. The van der Waals surface area contributed by atoms with E-state index in [0.717, 1.165) is 0 Å². The van der Waals surface area contributed by atoms with Crippen molar-refractivity contribution in [1.82, 2.24) is 9.80 Å². The normalized spacial score (nSPS) is 17.2. The van der Waals surface area contributed by atoms with Crippen LogP contribution in [0.1, 0.15) is 20.8 Å². The zero-order chi connectivity index (χ0) is 17.0. The fourth-order valence-corrected chi connectivity index (χ4v) is 2.86. The van der Waals surface area contributed by atoms with Gasteiger partial charge in [-0.15, -0.1) is 0 Å². The summed E-state index contributed by atoms with van der Waals surface area (Å²) in [6.45, 7) is 8.48. The third-order valence-electron chi connectivity index (χ3n) is 4.14. The highest BCUT2D eigenvalue weighted by atomic mass is 35.5. The average Bonchev–Trinajstić information content (AvgIpc) is 2.53. The molecule has 1 saturated heterocycles. The van der Waals surface area contributed by atoms with Crippen LogP contribution in [0.5, 0.6) is 0 Å². The van der Waals surface area contributed by atoms with Crippen molar-refractivity contribution < 1.29 is 9.59 Å². The second-order valence-electron chi connectivity index (χ2n) is 6.19. The van der Waals surface area contributed by atoms with Gasteiger partial charge in [0.15, 0.2) is 0 Å². The minimum absolute atomic E-state index is 0.0186. The number of benzene rings is 1. The minimum atomic E-state index is -0.245. The Labute approximate surface area is 142 Å². The molecule has 0 saturated carbocycles. The second kappa shape index (κ2) is 7.79. The Morgan fingerprint density at radius 1 is 1.13 bits per heavy atom. The van der Waals surface area contributed by atoms with Crippen LogP contribution in [0.3, 0.4) is 0 Å². The summed E-state index contributed by atoms with van der Waals surface area (Å²) in [5.41, 5.74) is 0.697. The molecular weight excluding hydrogens is 314 g/mol. The number of hydrogen-bond acceptors (Lipinski definition) is 3. The molecule has 0 aromatic heterocycles. The predicted molar refractivity (Wildman–Crippen MR) is 92.5 cm³/mol. The van der Waals surface area contributed by atoms with Crippen LogP contribution < -0.4 is 5.32 Å². The van der Waals surface area contributed by atoms with Crippen LogP contribution >= 0.6 is 11.6 Å². The van der Waals surface area contributed by atoms with Crippen molar-refractivity contribution in [3.05, 3.63) is 29.3 Å². The summed E-state index contributed by atoms with van der Waals surface area (Å²) in [4.78, 5) is 28.3. The van der Waals surface area contributed by atoms with Crippen LogP contribution in [-0.2, 0) is 9.59 Å². The lowest BCUT2D eigenvalue weighted by Crippen LogP contribution is -2.54. The predicted octanol–water partition coefficient (Wildman–Crippen LogP) is 2.47. The third kappa shape index (κ3) is 4.69. The van der Waals surface area contributed by atoms with Crippen LogP contribution in [0, 0.1) is 5.92 Å². The summed E-state index contributed by atoms with van der Waals surface area (Å²) in [6.07, 6.45) is 0. The quantitative estimate of drug-likeness (QED) is 0.918. The molecule has 6 heteroatoms. The molecule has 1 aromatic carbocycles. The number of nitrogens with zero attached hydrogens (tertiary/aromatic N) is 2. The number of carbonyl (C=O) groups excluding carboxylic acids is 2. The Morgan fingerprint density at radius 3 is 2.35 bits per heavy atom. The highest BCUT2D eigenvalue weighted by molar-refractivity contribution is 6.30. The summed E-state index contributed by atoms with van der Waals surface area (Å²) >= 11 is 5.93. The Hall–Kier alpha value is -1.59. The topological polar surface area (TPSA) is 52.7 Å². The fourth-order valence-electron chi connectivity index (χ4n) is 2.67. The van der Waals surface area contributed by atoms with Gasteiger partial charge in [0.25, 0.3) is 0 Å². The molecule has 2 amide bonds. The van der Waals surface area contributed by atoms with Crippen molar-refractivity contribution in [3.63, 3.8) is 0 Å². The van der Waals surface area contributed by atoms with Gasteiger partial charge in [-0.2, -0.15) is 0 Å². The second-order valence-corrected chi connectivity index (χ2v) is 6.63. The molecule has 1 aliphatic heterocycles. The van der Waals surface area contributed by atoms with Crippen LogP contribution in [0.2, 0.25) is 5.02 Å². The van der Waals surface area contributed by atoms with E-state index in [1.54, 1.807) is 18.2 Å². The molecule has 1 atom stereocenters. The van der Waals surface area contributed by atoms with Crippen LogP contribution in [0.4, 0.5) is 5.69 Å². The summed E-state index contributed by atoms with van der Waals surface area (Å²) < 4.78 is 0. The molecule has 0 spiro atoms. The largest absolute Gasteiger partial charge is 0.340 e. The number of carbonyl (C=O) groups is 2. The van der Waals surface area contributed by atoms with Crippen LogP contribution in [0.15, 0.2) is 24.3 Å². The van der Waals surface area contributed by atoms with Crippen molar-refractivity contribution in [2.75, 3.05) is 31.5 Å². The number of anilines is 1. The SMILES string of the molecule is CC(C)C(=O)N1CCN(C(C)C(=O)Nc2cccc(Cl)c2)CC1. The number of halogens is 1. The number of amides is 2. The minimum Gasteiger partial charge on any atom is -0.340 e. The van der Waals surface area contributed by atoms with Crippen molar-refractivity contribution in [2.45, 2.75) is 26.8 Å². The molecule has 1 aliphatic rings. The number of nitrogens with one attached hydrogen (secondary N) is 1. The average molecular weight is 338 g/mol. The van der Waals surface area contributed by atoms with Crippen molar-refractivity contribution >= 4 is 29.1 Å². The van der Waals surface area contributed by atoms with E-state index in [1.165, 1.54) is 0 Å². The molecule has 1 unspecified atom stereocenters. The van der Waals surface area contributed by atoms with E-state index in [1.807, 2.05) is 31.7 Å². The van der Waals surface area contributed by atoms with E-state index < -0.39 is 0 Å². The van der Waals surface area contributed by atoms with Crippen LogP contribution in [0.25, 0.3) is 0 Å². The van der Waals surface area contributed by atoms with Gasteiger partial charge >= 0.3 is 0 Å². The van der Waals surface area contributed by atoms with Gasteiger partial charge in [-0.1, -0.05) is 31.5 Å². The van der Waals surface area contributed by atoms with E-state index >= 15 is 0 Å². The first kappa shape index (κ1) is 17.8. The maximum atomic E-state index is 12.4. The molecule has 23 heavy (non-hydrogen) atoms. The molecule has 1 heterocycles. The van der Waals surface area contributed by atoms with Crippen molar-refractivity contribution in [1.29, 1.82) is 0 Å². The maximum Gasteiger partial charge on any atom is 0.241 e. The monoisotopic (exact) mass is 337 g/mol. The molecule has 5 nitrogen and oxygen atoms in total. The highest BCUT2D eigenvalue weighted by Crippen LogP contribution is 2.16. The highest BCUT2D eigenvalue weighted by Gasteiger charge is 2.28. The van der Waals surface area contributed by atoms with Gasteiger partial charge in [0.1, 0.15) is 0 Å². The molecule has 1 aromatic rings. The third-order valence-corrected chi connectivity index (χ3v) is 4.37. The maximum absolute atomic E-state index is 12.4. The van der Waals surface area contributed by atoms with Gasteiger partial charge in [-0.3, -0.25) is 14.5 Å². The lowest BCUT2D eigenvalue weighted by molar-refractivity contribution is -0.136. The van der Waals surface area contributed by atoms with Gasteiger partial charge in [0, 0.05) is 42.8 Å². The molecule has 126 valence electrons. The molecule has 0 aliphatic carbocycles. The van der Waals surface area contributed by atoms with Gasteiger partial charge in [0.2, 0.25) is 11.8 Å². The first-order valence-corrected chi connectivity index (χ1v) is 8.35. The number of rotatable bonds is 4. The summed E-state index contributed by atoms with van der Waals surface area (Å²) in [6, 6.07) is 6.87. The molecule has 0 bridgehead atoms. The Morgan fingerprint density at radius 2 is 1.78 bits per heavy atom. The standard InChI is InChI=1S/C17H24ClN3O2/c1-12(2)17(23)21-9-7-20(8-10-21)13(3)16(22)19-15-6-4-5-14(18)11-15/h4-6,11-13H,7-10H2,1-3H3,(H,19,22). The van der Waals surface area contributed by atoms with E-state index in [4.69, 9.17) is 11.6 Å². The van der Waals surface area contributed by atoms with Crippen molar-refractivity contribution in [3.8, 4) is 0 Å². The van der Waals surface area contributed by atoms with Crippen molar-refractivity contribution in [2.24, 2.45) is 5.92 Å². The van der Waals surface area contributed by atoms with E-state index in [-0.39, 0.29) is 23.8 Å². The van der Waals surface area contributed by atoms with E-state index in [2.05, 4.69) is 10.2 Å². The lowest BCUT2D eigenvalue weighted by atomic mass is 10.1. The molecule has 1 fully saturated rings. The number of piperazine rings is 1. The summed E-state index contributed by atoms with van der Waals surface area (Å²) in [5, 5.41) is 3.48. The van der Waals surface area contributed by atoms with Crippen LogP contribution in [-0.4, -0.2) is 53.8 Å². The Bertz CT molecular complexity index is 569. The van der Waals surface area contributed by atoms with Gasteiger partial charge in [-0.05, 0) is 25.1 Å². The van der Waals surface area contributed by atoms with Gasteiger partial charge < -0.3 is 10.2 Å². The zero-order valence-electron chi connectivity index (χ0n) is 13.9. The van der Waals surface area contributed by atoms with E-state index in [9.17, 15) is 9.59 Å². The summed E-state index contributed by atoms with van der Waals surface area (Å²) in [5.74, 6) is 0.140. The van der Waals surface area contributed by atoms with Gasteiger partial charge in [-0.25, -0.2) is 0 Å². The lowest BCUT2D eigenvalue weighted by Gasteiger charge is -2.38. The fraction of sp³-hybridized carbons (Fsp3) is 0.529. The summed E-state index contributed by atoms with van der Waals surface area (Å²) in [7, 11) is 0. The molecule has 1 N–H and O–H groups in total. The van der Waals surface area contributed by atoms with Gasteiger partial charge in [0.05, 0.1) is 6.04 Å². The molecular formula is C17H24ClN3O2. The number of hydrogen-bond donors (Lipinski definition) is 1. The smallest absolute Gasteiger partial charge is 0.241 e. The first-order valence-electron chi connectivity index (χ1n) is 7.97. The molecule has 0 radical (unpaired) electrons. The zero-order valence-corrected chi connectivity index (χ0v) is 14.6. The van der Waals surface area contributed by atoms with E-state index in [0.29, 0.717) is 36.9 Å².